The Labute approximate surface area is 98.9 Å². The Balaban J connectivity index is 2.34. The van der Waals surface area contributed by atoms with Crippen LogP contribution in [0.2, 0.25) is 0 Å². The maximum absolute atomic E-state index is 4.29. The molecule has 0 aliphatic carbocycles. The van der Waals surface area contributed by atoms with Crippen LogP contribution in [0.5, 0.6) is 0 Å². The van der Waals surface area contributed by atoms with Gasteiger partial charge in [-0.2, -0.15) is 0 Å². The second-order valence-corrected chi connectivity index (χ2v) is 4.73. The number of hydrogen-bond acceptors (Lipinski definition) is 3. The highest BCUT2D eigenvalue weighted by atomic mass is 15.1. The van der Waals surface area contributed by atoms with E-state index in [1.54, 1.807) is 0 Å². The van der Waals surface area contributed by atoms with Gasteiger partial charge in [0.15, 0.2) is 0 Å². The van der Waals surface area contributed by atoms with Crippen molar-refractivity contribution >= 4 is 0 Å². The molecule has 1 aromatic rings. The van der Waals surface area contributed by atoms with E-state index in [9.17, 15) is 0 Å². The van der Waals surface area contributed by atoms with Crippen molar-refractivity contribution in [2.75, 3.05) is 20.6 Å². The molecule has 1 unspecified atom stereocenters. The Morgan fingerprint density at radius 3 is 2.56 bits per heavy atom. The largest absolute Gasteiger partial charge is 0.310 e. The Morgan fingerprint density at radius 2 is 2.06 bits per heavy atom. The second kappa shape index (κ2) is 6.61. The van der Waals surface area contributed by atoms with Gasteiger partial charge >= 0.3 is 0 Å². The zero-order valence-electron chi connectivity index (χ0n) is 10.8. The predicted octanol–water partition coefficient (Wildman–Crippen LogP) is 1.76. The molecule has 1 heterocycles. The van der Waals surface area contributed by atoms with Crippen molar-refractivity contribution in [2.24, 2.45) is 5.92 Å². The highest BCUT2D eigenvalue weighted by molar-refractivity contribution is 5.02. The van der Waals surface area contributed by atoms with Crippen LogP contribution in [-0.2, 0) is 6.54 Å². The van der Waals surface area contributed by atoms with Gasteiger partial charge in [0.2, 0.25) is 0 Å². The first-order valence-corrected chi connectivity index (χ1v) is 5.88. The molecule has 0 spiro atoms. The smallest absolute Gasteiger partial charge is 0.0541 e. The molecule has 1 rings (SSSR count). The Morgan fingerprint density at radius 1 is 1.31 bits per heavy atom. The quantitative estimate of drug-likeness (QED) is 0.793. The van der Waals surface area contributed by atoms with Gasteiger partial charge in [-0.25, -0.2) is 0 Å². The molecule has 0 saturated heterocycles. The lowest BCUT2D eigenvalue weighted by Crippen LogP contribution is -2.41. The van der Waals surface area contributed by atoms with Crippen molar-refractivity contribution < 1.29 is 0 Å². The van der Waals surface area contributed by atoms with Gasteiger partial charge in [0, 0.05) is 25.3 Å². The van der Waals surface area contributed by atoms with E-state index in [2.05, 4.69) is 43.1 Å². The van der Waals surface area contributed by atoms with E-state index in [1.165, 1.54) is 0 Å². The van der Waals surface area contributed by atoms with Crippen LogP contribution in [0.1, 0.15) is 19.5 Å². The van der Waals surface area contributed by atoms with Crippen LogP contribution in [0.15, 0.2) is 24.4 Å². The monoisotopic (exact) mass is 221 g/mol. The number of rotatable bonds is 6. The number of aromatic nitrogens is 1. The van der Waals surface area contributed by atoms with Crippen molar-refractivity contribution in [1.29, 1.82) is 0 Å². The Kier molecular flexibility index (Phi) is 5.43. The molecule has 0 fully saturated rings. The molecule has 0 radical (unpaired) electrons. The van der Waals surface area contributed by atoms with E-state index in [4.69, 9.17) is 0 Å². The fourth-order valence-electron chi connectivity index (χ4n) is 1.87. The van der Waals surface area contributed by atoms with Gasteiger partial charge in [-0.1, -0.05) is 19.9 Å². The fraction of sp³-hybridized carbons (Fsp3) is 0.615. The highest BCUT2D eigenvalue weighted by Gasteiger charge is 2.14. The molecule has 1 aromatic heterocycles. The summed E-state index contributed by atoms with van der Waals surface area (Å²) in [6.45, 7) is 6.36. The van der Waals surface area contributed by atoms with E-state index in [0.29, 0.717) is 12.0 Å². The van der Waals surface area contributed by atoms with Crippen molar-refractivity contribution in [1.82, 2.24) is 15.2 Å². The van der Waals surface area contributed by atoms with Crippen LogP contribution in [0.4, 0.5) is 0 Å². The highest BCUT2D eigenvalue weighted by Crippen LogP contribution is 2.06. The molecule has 1 N–H and O–H groups in total. The second-order valence-electron chi connectivity index (χ2n) is 4.73. The summed E-state index contributed by atoms with van der Waals surface area (Å²) in [5.74, 6) is 0.659. The maximum atomic E-state index is 4.29. The SMILES string of the molecule is CC(C)C(CNCc1ccccn1)N(C)C. The van der Waals surface area contributed by atoms with Gasteiger partial charge in [-0.15, -0.1) is 0 Å². The molecular weight excluding hydrogens is 198 g/mol. The lowest BCUT2D eigenvalue weighted by atomic mass is 10.0. The van der Waals surface area contributed by atoms with Crippen LogP contribution < -0.4 is 5.32 Å². The standard InChI is InChI=1S/C13H23N3/c1-11(2)13(16(3)4)10-14-9-12-7-5-6-8-15-12/h5-8,11,13-14H,9-10H2,1-4H3. The topological polar surface area (TPSA) is 28.2 Å². The van der Waals surface area contributed by atoms with Gasteiger partial charge in [0.1, 0.15) is 0 Å². The summed E-state index contributed by atoms with van der Waals surface area (Å²) in [5.41, 5.74) is 1.10. The maximum Gasteiger partial charge on any atom is 0.0541 e. The summed E-state index contributed by atoms with van der Waals surface area (Å²) in [5, 5.41) is 3.46. The lowest BCUT2D eigenvalue weighted by molar-refractivity contribution is 0.224. The molecule has 0 aliphatic rings. The molecule has 0 amide bonds. The average molecular weight is 221 g/mol. The number of hydrogen-bond donors (Lipinski definition) is 1. The normalized spacial score (nSPS) is 13.4. The molecule has 0 saturated carbocycles. The first-order chi connectivity index (χ1) is 7.61. The van der Waals surface area contributed by atoms with Crippen molar-refractivity contribution in [3.8, 4) is 0 Å². The molecule has 16 heavy (non-hydrogen) atoms. The third-order valence-corrected chi connectivity index (χ3v) is 2.82. The predicted molar refractivity (Wildman–Crippen MR) is 68.3 cm³/mol. The zero-order valence-corrected chi connectivity index (χ0v) is 10.8. The van der Waals surface area contributed by atoms with Crippen molar-refractivity contribution in [3.05, 3.63) is 30.1 Å². The van der Waals surface area contributed by atoms with Crippen LogP contribution in [-0.4, -0.2) is 36.6 Å². The molecule has 90 valence electrons. The molecule has 0 aromatic carbocycles. The van der Waals surface area contributed by atoms with Gasteiger partial charge in [-0.05, 0) is 32.1 Å². The minimum Gasteiger partial charge on any atom is -0.310 e. The molecule has 0 aliphatic heterocycles. The number of nitrogens with zero attached hydrogens (tertiary/aromatic N) is 2. The Bertz CT molecular complexity index is 274. The first kappa shape index (κ1) is 13.1. The third kappa shape index (κ3) is 4.29. The molecular formula is C13H23N3. The van der Waals surface area contributed by atoms with Gasteiger partial charge in [0.05, 0.1) is 5.69 Å². The average Bonchev–Trinajstić information content (AvgIpc) is 2.24. The summed E-state index contributed by atoms with van der Waals surface area (Å²) in [7, 11) is 4.26. The number of likely N-dealkylation sites (N-methyl/N-ethyl adjacent to an activating group) is 1. The van der Waals surface area contributed by atoms with Crippen LogP contribution in [0.3, 0.4) is 0 Å². The first-order valence-electron chi connectivity index (χ1n) is 5.88. The van der Waals surface area contributed by atoms with Crippen molar-refractivity contribution in [2.45, 2.75) is 26.4 Å². The van der Waals surface area contributed by atoms with Crippen LogP contribution in [0, 0.1) is 5.92 Å². The summed E-state index contributed by atoms with van der Waals surface area (Å²) >= 11 is 0. The van der Waals surface area contributed by atoms with E-state index in [1.807, 2.05) is 24.4 Å². The fourth-order valence-corrected chi connectivity index (χ4v) is 1.87. The van der Waals surface area contributed by atoms with Crippen LogP contribution in [0.25, 0.3) is 0 Å². The van der Waals surface area contributed by atoms with E-state index >= 15 is 0 Å². The third-order valence-electron chi connectivity index (χ3n) is 2.82. The minimum atomic E-state index is 0.573. The van der Waals surface area contributed by atoms with Gasteiger partial charge in [-0.3, -0.25) is 4.98 Å². The molecule has 0 bridgehead atoms. The van der Waals surface area contributed by atoms with E-state index in [0.717, 1.165) is 18.8 Å². The number of pyridine rings is 1. The molecule has 1 atom stereocenters. The zero-order chi connectivity index (χ0) is 12.0. The summed E-state index contributed by atoms with van der Waals surface area (Å²) in [6, 6.07) is 6.59. The summed E-state index contributed by atoms with van der Waals surface area (Å²) in [4.78, 5) is 6.56. The summed E-state index contributed by atoms with van der Waals surface area (Å²) in [6.07, 6.45) is 1.84. The summed E-state index contributed by atoms with van der Waals surface area (Å²) < 4.78 is 0. The van der Waals surface area contributed by atoms with Gasteiger partial charge in [0.25, 0.3) is 0 Å². The van der Waals surface area contributed by atoms with Crippen LogP contribution >= 0.6 is 0 Å². The van der Waals surface area contributed by atoms with Crippen molar-refractivity contribution in [3.63, 3.8) is 0 Å². The molecule has 3 nitrogen and oxygen atoms in total. The molecule has 3 heteroatoms. The van der Waals surface area contributed by atoms with Gasteiger partial charge < -0.3 is 10.2 Å². The number of nitrogens with one attached hydrogen (secondary N) is 1. The Hall–Kier alpha value is -0.930. The van der Waals surface area contributed by atoms with E-state index < -0.39 is 0 Å². The van der Waals surface area contributed by atoms with E-state index in [-0.39, 0.29) is 0 Å². The lowest BCUT2D eigenvalue weighted by Gasteiger charge is -2.28. The minimum absolute atomic E-state index is 0.573.